The van der Waals surface area contributed by atoms with Crippen molar-refractivity contribution in [2.45, 2.75) is 0 Å². The Labute approximate surface area is 56.9 Å². The number of nitrogen functional groups attached to an aromatic ring is 1. The van der Waals surface area contributed by atoms with Crippen LogP contribution >= 0.6 is 0 Å². The van der Waals surface area contributed by atoms with Gasteiger partial charge in [-0.2, -0.15) is 4.98 Å². The first-order valence-corrected chi connectivity index (χ1v) is 2.63. The first-order valence-electron chi connectivity index (χ1n) is 2.63. The van der Waals surface area contributed by atoms with E-state index in [1.807, 2.05) is 0 Å². The summed E-state index contributed by atoms with van der Waals surface area (Å²) >= 11 is 0. The van der Waals surface area contributed by atoms with Gasteiger partial charge in [-0.1, -0.05) is 0 Å². The molecule has 3 N–H and O–H groups in total. The van der Waals surface area contributed by atoms with E-state index >= 15 is 0 Å². The standard InChI is InChI=1S/C5H7N3O2/c1-10-3-2-7-5(9)8-4(3)6/h2H,1H3,(H3,6,7,8,9). The molecule has 0 spiro atoms. The van der Waals surface area contributed by atoms with Gasteiger partial charge < -0.3 is 15.5 Å². The first-order chi connectivity index (χ1) is 4.74. The Bertz CT molecular complexity index is 280. The summed E-state index contributed by atoms with van der Waals surface area (Å²) in [5.41, 5.74) is 4.80. The molecule has 0 saturated carbocycles. The van der Waals surface area contributed by atoms with Crippen LogP contribution in [0.2, 0.25) is 0 Å². The third kappa shape index (κ3) is 1.07. The summed E-state index contributed by atoms with van der Waals surface area (Å²) in [4.78, 5) is 16.2. The number of nitrogens with two attached hydrogens (primary N) is 1. The zero-order chi connectivity index (χ0) is 7.56. The lowest BCUT2D eigenvalue weighted by Gasteiger charge is -1.98. The fourth-order valence-electron chi connectivity index (χ4n) is 0.561. The molecule has 0 radical (unpaired) electrons. The van der Waals surface area contributed by atoms with Crippen molar-refractivity contribution < 1.29 is 4.74 Å². The number of nitrogens with one attached hydrogen (secondary N) is 1. The minimum absolute atomic E-state index is 0.103. The van der Waals surface area contributed by atoms with Crippen LogP contribution in [0.25, 0.3) is 0 Å². The van der Waals surface area contributed by atoms with Crippen LogP contribution in [-0.2, 0) is 0 Å². The maximum absolute atomic E-state index is 10.5. The van der Waals surface area contributed by atoms with E-state index in [0.29, 0.717) is 5.75 Å². The minimum atomic E-state index is -0.474. The number of nitrogens with zero attached hydrogens (tertiary/aromatic N) is 1. The molecular weight excluding hydrogens is 134 g/mol. The van der Waals surface area contributed by atoms with Crippen LogP contribution in [0.5, 0.6) is 5.75 Å². The highest BCUT2D eigenvalue weighted by Crippen LogP contribution is 2.11. The summed E-state index contributed by atoms with van der Waals surface area (Å²) in [6, 6.07) is 0. The number of anilines is 1. The van der Waals surface area contributed by atoms with E-state index in [0.717, 1.165) is 0 Å². The maximum atomic E-state index is 10.5. The SMILES string of the molecule is COc1c[nH]c(=O)nc1N. The van der Waals surface area contributed by atoms with Gasteiger partial charge in [0.05, 0.1) is 13.3 Å². The van der Waals surface area contributed by atoms with Gasteiger partial charge in [0.25, 0.3) is 0 Å². The number of hydrogen-bond acceptors (Lipinski definition) is 4. The molecule has 1 rings (SSSR count). The molecule has 1 aromatic rings. The van der Waals surface area contributed by atoms with E-state index in [4.69, 9.17) is 10.5 Å². The van der Waals surface area contributed by atoms with E-state index < -0.39 is 5.69 Å². The zero-order valence-corrected chi connectivity index (χ0v) is 5.42. The third-order valence-corrected chi connectivity index (χ3v) is 1.02. The predicted octanol–water partition coefficient (Wildman–Crippen LogP) is -0.639. The van der Waals surface area contributed by atoms with Gasteiger partial charge in [-0.15, -0.1) is 0 Å². The summed E-state index contributed by atoms with van der Waals surface area (Å²) in [5.74, 6) is 0.478. The van der Waals surface area contributed by atoms with Crippen LogP contribution in [0.1, 0.15) is 0 Å². The smallest absolute Gasteiger partial charge is 0.347 e. The van der Waals surface area contributed by atoms with Crippen molar-refractivity contribution in [3.8, 4) is 5.75 Å². The number of methoxy groups -OCH3 is 1. The van der Waals surface area contributed by atoms with E-state index in [1.54, 1.807) is 0 Å². The number of aromatic amines is 1. The number of H-pyrrole nitrogens is 1. The molecule has 5 nitrogen and oxygen atoms in total. The highest BCUT2D eigenvalue weighted by Gasteiger charge is 1.97. The molecule has 0 aliphatic carbocycles. The van der Waals surface area contributed by atoms with Gasteiger partial charge in [-0.05, 0) is 0 Å². The molecule has 1 aromatic heterocycles. The van der Waals surface area contributed by atoms with Gasteiger partial charge in [0.15, 0.2) is 11.6 Å². The Morgan fingerprint density at radius 1 is 1.80 bits per heavy atom. The average molecular weight is 141 g/mol. The van der Waals surface area contributed by atoms with Crippen molar-refractivity contribution in [1.29, 1.82) is 0 Å². The van der Waals surface area contributed by atoms with Gasteiger partial charge in [0.1, 0.15) is 0 Å². The van der Waals surface area contributed by atoms with E-state index in [2.05, 4.69) is 9.97 Å². The second-order valence-corrected chi connectivity index (χ2v) is 1.66. The number of hydrogen-bond donors (Lipinski definition) is 2. The van der Waals surface area contributed by atoms with E-state index in [-0.39, 0.29) is 5.82 Å². The lowest BCUT2D eigenvalue weighted by atomic mass is 10.5. The molecule has 5 heteroatoms. The fourth-order valence-corrected chi connectivity index (χ4v) is 0.561. The molecule has 0 aromatic carbocycles. The molecule has 0 aliphatic heterocycles. The summed E-state index contributed by atoms with van der Waals surface area (Å²) in [7, 11) is 1.45. The quantitative estimate of drug-likeness (QED) is 0.545. The summed E-state index contributed by atoms with van der Waals surface area (Å²) < 4.78 is 4.74. The van der Waals surface area contributed by atoms with Crippen molar-refractivity contribution in [1.82, 2.24) is 9.97 Å². The lowest BCUT2D eigenvalue weighted by Crippen LogP contribution is -2.12. The van der Waals surface area contributed by atoms with Gasteiger partial charge in [0, 0.05) is 0 Å². The molecule has 0 saturated heterocycles. The van der Waals surface area contributed by atoms with Crippen molar-refractivity contribution in [2.75, 3.05) is 12.8 Å². The molecule has 1 heterocycles. The van der Waals surface area contributed by atoms with Crippen molar-refractivity contribution in [2.24, 2.45) is 0 Å². The maximum Gasteiger partial charge on any atom is 0.347 e. The first kappa shape index (κ1) is 6.60. The van der Waals surface area contributed by atoms with Crippen LogP contribution in [0, 0.1) is 0 Å². The third-order valence-electron chi connectivity index (χ3n) is 1.02. The van der Waals surface area contributed by atoms with Gasteiger partial charge >= 0.3 is 5.69 Å². The Morgan fingerprint density at radius 2 is 2.50 bits per heavy atom. The van der Waals surface area contributed by atoms with Crippen LogP contribution in [0.3, 0.4) is 0 Å². The molecule has 54 valence electrons. The van der Waals surface area contributed by atoms with Crippen LogP contribution in [-0.4, -0.2) is 17.1 Å². The van der Waals surface area contributed by atoms with Gasteiger partial charge in [-0.3, -0.25) is 0 Å². The molecule has 10 heavy (non-hydrogen) atoms. The Hall–Kier alpha value is -1.52. The van der Waals surface area contributed by atoms with Crippen LogP contribution in [0.4, 0.5) is 5.82 Å². The number of ether oxygens (including phenoxy) is 1. The lowest BCUT2D eigenvalue weighted by molar-refractivity contribution is 0.413. The topological polar surface area (TPSA) is 81.0 Å². The normalized spacial score (nSPS) is 9.30. The highest BCUT2D eigenvalue weighted by molar-refractivity contribution is 5.42. The largest absolute Gasteiger partial charge is 0.491 e. The van der Waals surface area contributed by atoms with Crippen molar-refractivity contribution in [3.05, 3.63) is 16.7 Å². The fraction of sp³-hybridized carbons (Fsp3) is 0.200. The molecule has 0 aliphatic rings. The molecule has 0 amide bonds. The molecule has 0 fully saturated rings. The predicted molar refractivity (Wildman–Crippen MR) is 35.8 cm³/mol. The summed E-state index contributed by atoms with van der Waals surface area (Å²) in [5, 5.41) is 0. The molecule has 0 unspecified atom stereocenters. The molecule has 0 bridgehead atoms. The second kappa shape index (κ2) is 2.38. The van der Waals surface area contributed by atoms with Crippen molar-refractivity contribution in [3.63, 3.8) is 0 Å². The monoisotopic (exact) mass is 141 g/mol. The van der Waals surface area contributed by atoms with Crippen LogP contribution < -0.4 is 16.2 Å². The average Bonchev–Trinajstić information content (AvgIpc) is 1.88. The number of rotatable bonds is 1. The summed E-state index contributed by atoms with van der Waals surface area (Å²) in [6.07, 6.45) is 1.37. The van der Waals surface area contributed by atoms with Gasteiger partial charge in [-0.25, -0.2) is 4.79 Å². The van der Waals surface area contributed by atoms with Gasteiger partial charge in [0.2, 0.25) is 0 Å². The minimum Gasteiger partial charge on any atom is -0.491 e. The second-order valence-electron chi connectivity index (χ2n) is 1.66. The van der Waals surface area contributed by atoms with Crippen LogP contribution in [0.15, 0.2) is 11.0 Å². The highest BCUT2D eigenvalue weighted by atomic mass is 16.5. The Morgan fingerprint density at radius 3 is 3.00 bits per heavy atom. The Balaban J connectivity index is 3.19. The van der Waals surface area contributed by atoms with E-state index in [1.165, 1.54) is 13.3 Å². The molecular formula is C5H7N3O2. The number of aromatic nitrogens is 2. The van der Waals surface area contributed by atoms with E-state index in [9.17, 15) is 4.79 Å². The zero-order valence-electron chi connectivity index (χ0n) is 5.42. The summed E-state index contributed by atoms with van der Waals surface area (Å²) in [6.45, 7) is 0. The molecule has 0 atom stereocenters. The van der Waals surface area contributed by atoms with Crippen molar-refractivity contribution >= 4 is 5.82 Å². The Kier molecular flexibility index (Phi) is 1.57.